The standard InChI is InChI=1S/C15H20FO5P/c1-4-19-15(17)14(22(18,20-5-2)21-6-3)11-12-8-7-9-13(16)10-12/h7-11H,4-6H2,1-3H3. The van der Waals surface area contributed by atoms with E-state index in [1.807, 2.05) is 0 Å². The molecule has 0 saturated carbocycles. The van der Waals surface area contributed by atoms with E-state index in [-0.39, 0.29) is 25.1 Å². The van der Waals surface area contributed by atoms with E-state index in [2.05, 4.69) is 0 Å². The molecule has 0 saturated heterocycles. The lowest BCUT2D eigenvalue weighted by Crippen LogP contribution is -2.11. The van der Waals surface area contributed by atoms with Gasteiger partial charge in [-0.3, -0.25) is 4.57 Å². The van der Waals surface area contributed by atoms with Crippen LogP contribution in [0.4, 0.5) is 4.39 Å². The van der Waals surface area contributed by atoms with Gasteiger partial charge >= 0.3 is 13.6 Å². The summed E-state index contributed by atoms with van der Waals surface area (Å²) in [6.45, 7) is 5.20. The van der Waals surface area contributed by atoms with E-state index in [1.54, 1.807) is 26.8 Å². The summed E-state index contributed by atoms with van der Waals surface area (Å²) in [5.41, 5.74) is 0.364. The van der Waals surface area contributed by atoms with Crippen LogP contribution in [0, 0.1) is 5.82 Å². The van der Waals surface area contributed by atoms with E-state index in [0.717, 1.165) is 0 Å². The van der Waals surface area contributed by atoms with E-state index in [1.165, 1.54) is 24.3 Å². The maximum absolute atomic E-state index is 13.3. The summed E-state index contributed by atoms with van der Waals surface area (Å²) in [5, 5.41) is -0.247. The molecule has 5 nitrogen and oxygen atoms in total. The fourth-order valence-electron chi connectivity index (χ4n) is 1.73. The molecule has 0 radical (unpaired) electrons. The van der Waals surface area contributed by atoms with Gasteiger partial charge in [0.15, 0.2) is 0 Å². The van der Waals surface area contributed by atoms with Crippen molar-refractivity contribution in [3.8, 4) is 0 Å². The number of rotatable bonds is 8. The summed E-state index contributed by atoms with van der Waals surface area (Å²) >= 11 is 0. The Labute approximate surface area is 129 Å². The molecule has 0 spiro atoms. The van der Waals surface area contributed by atoms with Crippen LogP contribution in [0.15, 0.2) is 29.6 Å². The topological polar surface area (TPSA) is 61.8 Å². The molecule has 1 aromatic carbocycles. The Morgan fingerprint density at radius 2 is 1.82 bits per heavy atom. The summed E-state index contributed by atoms with van der Waals surface area (Å²) < 4.78 is 41.4. The summed E-state index contributed by atoms with van der Waals surface area (Å²) in [4.78, 5) is 12.1. The van der Waals surface area contributed by atoms with Gasteiger partial charge in [0.1, 0.15) is 11.1 Å². The van der Waals surface area contributed by atoms with Crippen molar-refractivity contribution in [3.63, 3.8) is 0 Å². The molecule has 1 rings (SSSR count). The summed E-state index contributed by atoms with van der Waals surface area (Å²) in [6.07, 6.45) is 1.27. The summed E-state index contributed by atoms with van der Waals surface area (Å²) in [7, 11) is -3.83. The van der Waals surface area contributed by atoms with Gasteiger partial charge in [0.2, 0.25) is 0 Å². The Bertz CT molecular complexity index is 575. The minimum absolute atomic E-state index is 0.0944. The van der Waals surface area contributed by atoms with Crippen molar-refractivity contribution in [3.05, 3.63) is 41.0 Å². The minimum atomic E-state index is -3.83. The first kappa shape index (κ1) is 18.6. The first-order chi connectivity index (χ1) is 10.5. The molecular weight excluding hydrogens is 310 g/mol. The van der Waals surface area contributed by atoms with Gasteiger partial charge in [-0.05, 0) is 44.5 Å². The molecule has 0 aliphatic carbocycles. The number of carbonyl (C=O) groups excluding carboxylic acids is 1. The van der Waals surface area contributed by atoms with Crippen molar-refractivity contribution < 1.29 is 27.5 Å². The Morgan fingerprint density at radius 3 is 2.32 bits per heavy atom. The van der Waals surface area contributed by atoms with Crippen LogP contribution in [0.3, 0.4) is 0 Å². The number of hydrogen-bond acceptors (Lipinski definition) is 5. The molecule has 7 heteroatoms. The highest BCUT2D eigenvalue weighted by atomic mass is 31.2. The van der Waals surface area contributed by atoms with Gasteiger partial charge < -0.3 is 13.8 Å². The smallest absolute Gasteiger partial charge is 0.368 e. The van der Waals surface area contributed by atoms with E-state index >= 15 is 0 Å². The molecule has 0 amide bonds. The van der Waals surface area contributed by atoms with Crippen LogP contribution in [0.2, 0.25) is 0 Å². The zero-order chi connectivity index (χ0) is 16.6. The zero-order valence-electron chi connectivity index (χ0n) is 12.9. The lowest BCUT2D eigenvalue weighted by Gasteiger charge is -2.19. The second kappa shape index (κ2) is 8.83. The normalized spacial score (nSPS) is 12.3. The van der Waals surface area contributed by atoms with E-state index in [4.69, 9.17) is 13.8 Å². The third-order valence-corrected chi connectivity index (χ3v) is 4.63. The fourth-order valence-corrected chi connectivity index (χ4v) is 3.35. The second-order valence-electron chi connectivity index (χ2n) is 4.14. The highest BCUT2D eigenvalue weighted by Gasteiger charge is 2.36. The molecular formula is C15H20FO5P. The fraction of sp³-hybridized carbons (Fsp3) is 0.400. The average Bonchev–Trinajstić information content (AvgIpc) is 2.45. The molecule has 0 unspecified atom stereocenters. The van der Waals surface area contributed by atoms with Crippen molar-refractivity contribution in [2.45, 2.75) is 20.8 Å². The Morgan fingerprint density at radius 1 is 1.18 bits per heavy atom. The Balaban J connectivity index is 3.33. The molecule has 0 fully saturated rings. The van der Waals surface area contributed by atoms with Crippen LogP contribution in [0.5, 0.6) is 0 Å². The highest BCUT2D eigenvalue weighted by molar-refractivity contribution is 7.60. The van der Waals surface area contributed by atoms with Crippen LogP contribution >= 0.6 is 7.60 Å². The third kappa shape index (κ3) is 5.05. The van der Waals surface area contributed by atoms with Gasteiger partial charge in [-0.25, -0.2) is 9.18 Å². The van der Waals surface area contributed by atoms with Crippen LogP contribution in [-0.2, 0) is 23.1 Å². The van der Waals surface area contributed by atoms with Gasteiger partial charge in [0.25, 0.3) is 0 Å². The average molecular weight is 330 g/mol. The predicted molar refractivity (Wildman–Crippen MR) is 81.9 cm³/mol. The number of hydrogen-bond donors (Lipinski definition) is 0. The number of carbonyl (C=O) groups is 1. The van der Waals surface area contributed by atoms with Gasteiger partial charge in [0.05, 0.1) is 19.8 Å². The molecule has 122 valence electrons. The predicted octanol–water partition coefficient (Wildman–Crippen LogP) is 4.00. The third-order valence-electron chi connectivity index (χ3n) is 2.53. The second-order valence-corrected chi connectivity index (χ2v) is 6.13. The van der Waals surface area contributed by atoms with E-state index in [9.17, 15) is 13.8 Å². The molecule has 0 atom stereocenters. The molecule has 22 heavy (non-hydrogen) atoms. The minimum Gasteiger partial charge on any atom is -0.462 e. The van der Waals surface area contributed by atoms with Gasteiger partial charge in [-0.15, -0.1) is 0 Å². The molecule has 0 aliphatic heterocycles. The molecule has 0 aromatic heterocycles. The number of ether oxygens (including phenoxy) is 1. The van der Waals surface area contributed by atoms with E-state index < -0.39 is 19.4 Å². The van der Waals surface area contributed by atoms with Crippen molar-refractivity contribution in [2.24, 2.45) is 0 Å². The van der Waals surface area contributed by atoms with Crippen LogP contribution in [-0.4, -0.2) is 25.8 Å². The number of benzene rings is 1. The highest BCUT2D eigenvalue weighted by Crippen LogP contribution is 2.57. The summed E-state index contributed by atoms with van der Waals surface area (Å²) in [5.74, 6) is -1.28. The van der Waals surface area contributed by atoms with Crippen molar-refractivity contribution >= 4 is 19.6 Å². The monoisotopic (exact) mass is 330 g/mol. The van der Waals surface area contributed by atoms with Crippen LogP contribution in [0.25, 0.3) is 6.08 Å². The SMILES string of the molecule is CCOC(=O)C(=Cc1cccc(F)c1)P(=O)(OCC)OCC. The molecule has 0 N–H and O–H groups in total. The zero-order valence-corrected chi connectivity index (χ0v) is 13.8. The maximum atomic E-state index is 13.3. The number of halogens is 1. The lowest BCUT2D eigenvalue weighted by atomic mass is 10.2. The van der Waals surface area contributed by atoms with Crippen molar-refractivity contribution in [1.82, 2.24) is 0 Å². The van der Waals surface area contributed by atoms with Gasteiger partial charge in [-0.2, -0.15) is 0 Å². The Hall–Kier alpha value is -1.49. The van der Waals surface area contributed by atoms with E-state index in [0.29, 0.717) is 5.56 Å². The molecule has 0 aliphatic rings. The van der Waals surface area contributed by atoms with Crippen molar-refractivity contribution in [2.75, 3.05) is 19.8 Å². The largest absolute Gasteiger partial charge is 0.462 e. The number of esters is 1. The summed E-state index contributed by atoms with van der Waals surface area (Å²) in [6, 6.07) is 5.54. The van der Waals surface area contributed by atoms with Crippen molar-refractivity contribution in [1.29, 1.82) is 0 Å². The Kier molecular flexibility index (Phi) is 7.45. The van der Waals surface area contributed by atoms with Crippen LogP contribution in [0.1, 0.15) is 26.3 Å². The van der Waals surface area contributed by atoms with Gasteiger partial charge in [-0.1, -0.05) is 12.1 Å². The van der Waals surface area contributed by atoms with Crippen LogP contribution < -0.4 is 0 Å². The first-order valence-electron chi connectivity index (χ1n) is 7.00. The molecule has 1 aromatic rings. The lowest BCUT2D eigenvalue weighted by molar-refractivity contribution is -0.137. The quantitative estimate of drug-likeness (QED) is 0.410. The molecule has 0 bridgehead atoms. The first-order valence-corrected chi connectivity index (χ1v) is 8.55. The maximum Gasteiger partial charge on any atom is 0.368 e. The molecule has 0 heterocycles. The van der Waals surface area contributed by atoms with Gasteiger partial charge in [0, 0.05) is 0 Å².